The molecule has 0 bridgehead atoms. The van der Waals surface area contributed by atoms with E-state index in [0.717, 1.165) is 28.4 Å². The summed E-state index contributed by atoms with van der Waals surface area (Å²) >= 11 is 1.87. The minimum Gasteiger partial charge on any atom is -0.311 e. The molecule has 3 heteroatoms. The van der Waals surface area contributed by atoms with Gasteiger partial charge in [-0.2, -0.15) is 0 Å². The van der Waals surface area contributed by atoms with E-state index in [-0.39, 0.29) is 5.41 Å². The Bertz CT molecular complexity index is 3070. The maximum absolute atomic E-state index is 2.44. The van der Waals surface area contributed by atoms with E-state index >= 15 is 0 Å². The first kappa shape index (κ1) is 35.9. The van der Waals surface area contributed by atoms with E-state index in [1.165, 1.54) is 70.4 Å². The Morgan fingerprint density at radius 3 is 1.17 bits per heavy atom. The molecule has 0 spiro atoms. The van der Waals surface area contributed by atoms with Crippen molar-refractivity contribution in [3.8, 4) is 33.4 Å². The van der Waals surface area contributed by atoms with Crippen LogP contribution >= 0.6 is 11.3 Å². The highest BCUT2D eigenvalue weighted by Gasteiger charge is 2.36. The second-order valence-electron chi connectivity index (χ2n) is 16.2. The second-order valence-corrected chi connectivity index (χ2v) is 17.3. The Hall–Kier alpha value is -7.20. The van der Waals surface area contributed by atoms with Gasteiger partial charge in [0.25, 0.3) is 0 Å². The summed E-state index contributed by atoms with van der Waals surface area (Å²) in [5.74, 6) is 0. The van der Waals surface area contributed by atoms with Crippen LogP contribution in [0.1, 0.15) is 25.0 Å². The lowest BCUT2D eigenvalue weighted by atomic mass is 9.81. The lowest BCUT2D eigenvalue weighted by Gasteiger charge is -2.28. The van der Waals surface area contributed by atoms with Gasteiger partial charge in [-0.3, -0.25) is 0 Å². The third-order valence-corrected chi connectivity index (χ3v) is 13.4. The van der Waals surface area contributed by atoms with Gasteiger partial charge in [-0.05, 0) is 148 Å². The summed E-state index contributed by atoms with van der Waals surface area (Å²) in [6.45, 7) is 4.76. The molecule has 0 unspecified atom stereocenters. The highest BCUT2D eigenvalue weighted by atomic mass is 32.1. The van der Waals surface area contributed by atoms with Crippen molar-refractivity contribution in [2.45, 2.75) is 19.3 Å². The fraction of sp³-hybridized carbons (Fsp3) is 0.0526. The van der Waals surface area contributed by atoms with Crippen molar-refractivity contribution in [1.29, 1.82) is 0 Å². The Labute approximate surface area is 355 Å². The zero-order valence-corrected chi connectivity index (χ0v) is 34.4. The van der Waals surface area contributed by atoms with Crippen molar-refractivity contribution < 1.29 is 0 Å². The van der Waals surface area contributed by atoms with Crippen LogP contribution in [0.2, 0.25) is 0 Å². The molecule has 1 heterocycles. The first-order chi connectivity index (χ1) is 29.5. The number of hydrogen-bond acceptors (Lipinski definition) is 3. The van der Waals surface area contributed by atoms with Gasteiger partial charge in [-0.25, -0.2) is 0 Å². The summed E-state index contributed by atoms with van der Waals surface area (Å²) in [4.78, 5) is 4.67. The number of benzene rings is 9. The predicted octanol–water partition coefficient (Wildman–Crippen LogP) is 16.6. The summed E-state index contributed by atoms with van der Waals surface area (Å²) in [5, 5.41) is 2.61. The number of nitrogens with zero attached hydrogens (tertiary/aromatic N) is 2. The Morgan fingerprint density at radius 1 is 0.317 bits per heavy atom. The molecule has 11 rings (SSSR count). The molecule has 0 fully saturated rings. The van der Waals surface area contributed by atoms with E-state index in [1.807, 2.05) is 11.3 Å². The van der Waals surface area contributed by atoms with Gasteiger partial charge in [-0.15, -0.1) is 11.3 Å². The molecule has 286 valence electrons. The van der Waals surface area contributed by atoms with Gasteiger partial charge in [0.15, 0.2) is 0 Å². The minimum atomic E-state index is -0.168. The molecule has 0 radical (unpaired) electrons. The molecule has 0 N–H and O–H groups in total. The normalized spacial score (nSPS) is 12.6. The van der Waals surface area contributed by atoms with Gasteiger partial charge >= 0.3 is 0 Å². The molecule has 0 atom stereocenters. The number of rotatable bonds is 8. The molecular weight excluding hydrogens is 745 g/mol. The molecule has 2 nitrogen and oxygen atoms in total. The molecule has 0 saturated carbocycles. The minimum absolute atomic E-state index is 0.168. The highest BCUT2D eigenvalue weighted by Crippen LogP contribution is 2.52. The molecule has 60 heavy (non-hydrogen) atoms. The van der Waals surface area contributed by atoms with Gasteiger partial charge < -0.3 is 9.80 Å². The van der Waals surface area contributed by atoms with E-state index in [2.05, 4.69) is 242 Å². The van der Waals surface area contributed by atoms with Crippen LogP contribution in [-0.2, 0) is 5.41 Å². The molecular formula is C57H42N2S. The number of hydrogen-bond donors (Lipinski definition) is 0. The van der Waals surface area contributed by atoms with Gasteiger partial charge in [0.1, 0.15) is 0 Å². The van der Waals surface area contributed by atoms with Crippen LogP contribution in [0.25, 0.3) is 53.6 Å². The quantitative estimate of drug-likeness (QED) is 0.151. The first-order valence-corrected chi connectivity index (χ1v) is 21.5. The van der Waals surface area contributed by atoms with Crippen molar-refractivity contribution in [2.75, 3.05) is 9.80 Å². The average molecular weight is 787 g/mol. The van der Waals surface area contributed by atoms with E-state index in [4.69, 9.17) is 0 Å². The van der Waals surface area contributed by atoms with Crippen molar-refractivity contribution in [3.05, 3.63) is 230 Å². The zero-order chi connectivity index (χ0) is 40.2. The molecule has 1 aliphatic rings. The molecule has 1 aliphatic carbocycles. The summed E-state index contributed by atoms with van der Waals surface area (Å²) in [5.41, 5.74) is 17.0. The number of fused-ring (bicyclic) bond motifs is 6. The standard InChI is InChI=1S/C57H42N2S/c1-57(2)53-37-42(25-31-49(53)50-32-30-48(38-54(50)57)59(45-19-11-5-12-20-45)46-21-13-6-14-22-46)41-27-34-56-52(36-41)51-35-40(26-33-55(51)60-56)39-23-28-47(29-24-39)58(43-15-7-3-8-16-43)44-17-9-4-10-18-44/h3-38H,1-2H3. The molecule has 10 aromatic rings. The maximum Gasteiger partial charge on any atom is 0.0465 e. The van der Waals surface area contributed by atoms with Gasteiger partial charge in [-0.1, -0.05) is 129 Å². The van der Waals surface area contributed by atoms with Crippen LogP contribution in [0, 0.1) is 0 Å². The van der Waals surface area contributed by atoms with E-state index in [1.54, 1.807) is 0 Å². The van der Waals surface area contributed by atoms with Crippen LogP contribution in [-0.4, -0.2) is 0 Å². The molecule has 0 saturated heterocycles. The Morgan fingerprint density at radius 2 is 0.667 bits per heavy atom. The number of para-hydroxylation sites is 4. The third-order valence-electron chi connectivity index (χ3n) is 12.2. The molecule has 9 aromatic carbocycles. The van der Waals surface area contributed by atoms with Crippen molar-refractivity contribution in [2.24, 2.45) is 0 Å². The zero-order valence-electron chi connectivity index (χ0n) is 33.6. The van der Waals surface area contributed by atoms with Crippen molar-refractivity contribution >= 4 is 65.6 Å². The second kappa shape index (κ2) is 14.6. The fourth-order valence-electron chi connectivity index (χ4n) is 9.19. The van der Waals surface area contributed by atoms with Crippen molar-refractivity contribution in [3.63, 3.8) is 0 Å². The largest absolute Gasteiger partial charge is 0.311 e. The summed E-state index contributed by atoms with van der Waals surface area (Å²) < 4.78 is 2.62. The monoisotopic (exact) mass is 786 g/mol. The SMILES string of the molecule is CC1(C)c2cc(-c3ccc4sc5ccc(-c6ccc(N(c7ccccc7)c7ccccc7)cc6)cc5c4c3)ccc2-c2ccc(N(c3ccccc3)c3ccccc3)cc21. The Balaban J connectivity index is 0.924. The van der Waals surface area contributed by atoms with E-state index in [0.29, 0.717) is 0 Å². The van der Waals surface area contributed by atoms with Crippen LogP contribution in [0.5, 0.6) is 0 Å². The van der Waals surface area contributed by atoms with Crippen molar-refractivity contribution in [1.82, 2.24) is 0 Å². The topological polar surface area (TPSA) is 6.48 Å². The van der Waals surface area contributed by atoms with Crippen LogP contribution in [0.4, 0.5) is 34.1 Å². The van der Waals surface area contributed by atoms with Gasteiger partial charge in [0.05, 0.1) is 0 Å². The number of anilines is 6. The summed E-state index contributed by atoms with van der Waals surface area (Å²) in [6, 6.07) is 79.6. The smallest absolute Gasteiger partial charge is 0.0465 e. The van der Waals surface area contributed by atoms with Gasteiger partial charge in [0.2, 0.25) is 0 Å². The Kier molecular flexibility index (Phi) is 8.72. The fourth-order valence-corrected chi connectivity index (χ4v) is 10.3. The lowest BCUT2D eigenvalue weighted by Crippen LogP contribution is -2.16. The summed E-state index contributed by atoms with van der Waals surface area (Å²) in [7, 11) is 0. The molecule has 0 aliphatic heterocycles. The maximum atomic E-state index is 2.44. The predicted molar refractivity (Wildman–Crippen MR) is 257 cm³/mol. The first-order valence-electron chi connectivity index (χ1n) is 20.7. The lowest BCUT2D eigenvalue weighted by molar-refractivity contribution is 0.660. The van der Waals surface area contributed by atoms with Crippen LogP contribution in [0.15, 0.2) is 218 Å². The average Bonchev–Trinajstić information content (AvgIpc) is 3.78. The number of thiophene rings is 1. The summed E-state index contributed by atoms with van der Waals surface area (Å²) in [6.07, 6.45) is 0. The van der Waals surface area contributed by atoms with Crippen LogP contribution < -0.4 is 9.80 Å². The molecule has 1 aromatic heterocycles. The van der Waals surface area contributed by atoms with E-state index < -0.39 is 0 Å². The van der Waals surface area contributed by atoms with Gasteiger partial charge in [0, 0.05) is 59.7 Å². The third kappa shape index (κ3) is 6.18. The highest BCUT2D eigenvalue weighted by molar-refractivity contribution is 7.25. The van der Waals surface area contributed by atoms with E-state index in [9.17, 15) is 0 Å². The molecule has 0 amide bonds. The van der Waals surface area contributed by atoms with Crippen LogP contribution in [0.3, 0.4) is 0 Å².